The van der Waals surface area contributed by atoms with Crippen LogP contribution in [-0.4, -0.2) is 47.6 Å². The summed E-state index contributed by atoms with van der Waals surface area (Å²) in [7, 11) is 0. The molecule has 8 nitrogen and oxygen atoms in total. The number of halogens is 3. The highest BCUT2D eigenvalue weighted by Crippen LogP contribution is 2.37. The molecule has 2 amide bonds. The molecule has 39 heavy (non-hydrogen) atoms. The van der Waals surface area contributed by atoms with E-state index in [0.29, 0.717) is 36.5 Å². The van der Waals surface area contributed by atoms with Gasteiger partial charge in [-0.25, -0.2) is 13.8 Å². The third-order valence-electron chi connectivity index (χ3n) is 7.23. The number of hydrogen-bond acceptors (Lipinski definition) is 5. The molecular weight excluding hydrogens is 530 g/mol. The van der Waals surface area contributed by atoms with Gasteiger partial charge in [-0.2, -0.15) is 0 Å². The first-order valence-corrected chi connectivity index (χ1v) is 13.3. The summed E-state index contributed by atoms with van der Waals surface area (Å²) < 4.78 is 35.0. The van der Waals surface area contributed by atoms with E-state index in [1.165, 1.54) is 12.1 Å². The molecule has 0 unspecified atom stereocenters. The lowest BCUT2D eigenvalue weighted by Crippen LogP contribution is -2.49. The number of nitrogens with zero attached hydrogens (tertiary/aromatic N) is 2. The molecule has 5 rings (SSSR count). The summed E-state index contributed by atoms with van der Waals surface area (Å²) in [6.07, 6.45) is 4.81. The largest absolute Gasteiger partial charge is 0.484 e. The van der Waals surface area contributed by atoms with Crippen LogP contribution < -0.4 is 20.9 Å². The molecule has 1 aliphatic heterocycles. The van der Waals surface area contributed by atoms with Gasteiger partial charge in [-0.1, -0.05) is 17.7 Å². The molecule has 2 aromatic carbocycles. The monoisotopic (exact) mass is 558 g/mol. The van der Waals surface area contributed by atoms with Crippen molar-refractivity contribution in [2.75, 3.05) is 26.2 Å². The molecule has 0 spiro atoms. The van der Waals surface area contributed by atoms with Gasteiger partial charge in [-0.3, -0.25) is 19.8 Å². The van der Waals surface area contributed by atoms with Crippen molar-refractivity contribution in [1.29, 1.82) is 0 Å². The minimum Gasteiger partial charge on any atom is -0.484 e. The van der Waals surface area contributed by atoms with Crippen LogP contribution in [-0.2, 0) is 4.79 Å². The Kier molecular flexibility index (Phi) is 7.86. The standard InChI is InChI=1S/C28H29ClF2N4O4/c1-16-2-5-19(10-23(16)30)39-15-26(36)32-13-17-6-8-34(9-7-17)33-28(38)21-14-35(18-3-4-18)25-12-22(29)24(31)11-20(25)27(21)37/h2,5,10-12,14,17-18H,3-4,6-9,13,15H2,1H3,(H,32,36)(H,33,38). The number of amides is 2. The lowest BCUT2D eigenvalue weighted by molar-refractivity contribution is -0.123. The van der Waals surface area contributed by atoms with Crippen LogP contribution in [0, 0.1) is 24.5 Å². The highest BCUT2D eigenvalue weighted by Gasteiger charge is 2.28. The average molecular weight is 559 g/mol. The first-order chi connectivity index (χ1) is 18.7. The van der Waals surface area contributed by atoms with E-state index in [2.05, 4.69) is 10.7 Å². The lowest BCUT2D eigenvalue weighted by atomic mass is 9.98. The number of piperidine rings is 1. The van der Waals surface area contributed by atoms with E-state index in [9.17, 15) is 23.2 Å². The number of hydrazine groups is 1. The van der Waals surface area contributed by atoms with Crippen molar-refractivity contribution in [3.63, 3.8) is 0 Å². The van der Waals surface area contributed by atoms with Crippen molar-refractivity contribution in [3.8, 4) is 5.75 Å². The van der Waals surface area contributed by atoms with Crippen molar-refractivity contribution in [2.24, 2.45) is 5.92 Å². The van der Waals surface area contributed by atoms with Crippen LogP contribution in [0.25, 0.3) is 10.9 Å². The van der Waals surface area contributed by atoms with Gasteiger partial charge >= 0.3 is 0 Å². The fourth-order valence-corrected chi connectivity index (χ4v) is 4.89. The number of hydrogen-bond donors (Lipinski definition) is 2. The van der Waals surface area contributed by atoms with E-state index in [1.54, 1.807) is 30.3 Å². The summed E-state index contributed by atoms with van der Waals surface area (Å²) in [5.41, 5.74) is 3.25. The van der Waals surface area contributed by atoms with E-state index in [0.717, 1.165) is 31.7 Å². The predicted molar refractivity (Wildman–Crippen MR) is 143 cm³/mol. The Hall–Kier alpha value is -3.50. The van der Waals surface area contributed by atoms with E-state index >= 15 is 0 Å². The minimum atomic E-state index is -0.703. The summed E-state index contributed by atoms with van der Waals surface area (Å²) in [4.78, 5) is 38.3. The number of aromatic nitrogens is 1. The van der Waals surface area contributed by atoms with Gasteiger partial charge in [0.05, 0.1) is 10.5 Å². The number of carbonyl (C=O) groups is 2. The van der Waals surface area contributed by atoms with Crippen LogP contribution in [0.5, 0.6) is 5.75 Å². The summed E-state index contributed by atoms with van der Waals surface area (Å²) in [6.45, 7) is 2.98. The van der Waals surface area contributed by atoms with E-state index in [1.807, 2.05) is 4.57 Å². The molecule has 0 atom stereocenters. The van der Waals surface area contributed by atoms with Crippen LogP contribution >= 0.6 is 11.6 Å². The fourth-order valence-electron chi connectivity index (χ4n) is 4.73. The van der Waals surface area contributed by atoms with Crippen LogP contribution in [0.1, 0.15) is 47.6 Å². The molecule has 0 radical (unpaired) electrons. The third kappa shape index (κ3) is 6.23. The molecule has 3 aromatic rings. The molecule has 2 N–H and O–H groups in total. The van der Waals surface area contributed by atoms with Gasteiger partial charge in [0.2, 0.25) is 5.43 Å². The molecule has 2 heterocycles. The van der Waals surface area contributed by atoms with Crippen LogP contribution in [0.3, 0.4) is 0 Å². The van der Waals surface area contributed by atoms with Gasteiger partial charge in [0, 0.05) is 43.3 Å². The van der Waals surface area contributed by atoms with Crippen molar-refractivity contribution in [1.82, 2.24) is 20.3 Å². The first kappa shape index (κ1) is 27.1. The molecule has 0 bridgehead atoms. The fraction of sp³-hybridized carbons (Fsp3) is 0.393. The van der Waals surface area contributed by atoms with E-state index in [-0.39, 0.29) is 46.3 Å². The zero-order valence-electron chi connectivity index (χ0n) is 21.4. The van der Waals surface area contributed by atoms with Gasteiger partial charge in [0.1, 0.15) is 22.9 Å². The highest BCUT2D eigenvalue weighted by molar-refractivity contribution is 6.31. The Morgan fingerprint density at radius 2 is 1.82 bits per heavy atom. The quantitative estimate of drug-likeness (QED) is 0.434. The molecule has 1 aliphatic carbocycles. The molecule has 11 heteroatoms. The number of ether oxygens (including phenoxy) is 1. The zero-order chi connectivity index (χ0) is 27.7. The Balaban J connectivity index is 1.13. The zero-order valence-corrected chi connectivity index (χ0v) is 22.2. The molecule has 1 aromatic heterocycles. The Morgan fingerprint density at radius 1 is 1.08 bits per heavy atom. The molecule has 1 saturated carbocycles. The second kappa shape index (κ2) is 11.3. The van der Waals surface area contributed by atoms with Gasteiger partial charge in [0.25, 0.3) is 11.8 Å². The predicted octanol–water partition coefficient (Wildman–Crippen LogP) is 4.13. The van der Waals surface area contributed by atoms with E-state index in [4.69, 9.17) is 16.3 Å². The van der Waals surface area contributed by atoms with Gasteiger partial charge in [-0.15, -0.1) is 0 Å². The molecule has 206 valence electrons. The van der Waals surface area contributed by atoms with Crippen LogP contribution in [0.4, 0.5) is 8.78 Å². The number of nitrogens with one attached hydrogen (secondary N) is 2. The summed E-state index contributed by atoms with van der Waals surface area (Å²) in [6, 6.07) is 7.14. The SMILES string of the molecule is Cc1ccc(OCC(=O)NCC2CCN(NC(=O)c3cn(C4CC4)c4cc(Cl)c(F)cc4c3=O)CC2)cc1F. The Bertz CT molecular complexity index is 1480. The van der Waals surface area contributed by atoms with Gasteiger partial charge < -0.3 is 14.6 Å². The summed E-state index contributed by atoms with van der Waals surface area (Å²) in [5.74, 6) is -1.43. The summed E-state index contributed by atoms with van der Waals surface area (Å²) in [5, 5.41) is 4.65. The number of benzene rings is 2. The number of carbonyl (C=O) groups excluding carboxylic acids is 2. The summed E-state index contributed by atoms with van der Waals surface area (Å²) >= 11 is 5.95. The maximum Gasteiger partial charge on any atom is 0.271 e. The third-order valence-corrected chi connectivity index (χ3v) is 7.52. The second-order valence-corrected chi connectivity index (χ2v) is 10.6. The molecule has 1 saturated heterocycles. The van der Waals surface area contributed by atoms with Gasteiger partial charge in [-0.05, 0) is 62.3 Å². The van der Waals surface area contributed by atoms with Gasteiger partial charge in [0.15, 0.2) is 6.61 Å². The van der Waals surface area contributed by atoms with Crippen LogP contribution in [0.2, 0.25) is 5.02 Å². The Morgan fingerprint density at radius 3 is 2.51 bits per heavy atom. The van der Waals surface area contributed by atoms with Crippen LogP contribution in [0.15, 0.2) is 41.3 Å². The highest BCUT2D eigenvalue weighted by atomic mass is 35.5. The van der Waals surface area contributed by atoms with Crippen molar-refractivity contribution >= 4 is 34.3 Å². The molecular formula is C28H29ClF2N4O4. The number of rotatable bonds is 8. The first-order valence-electron chi connectivity index (χ1n) is 12.9. The normalized spacial score (nSPS) is 16.3. The Labute approximate surface area is 228 Å². The number of pyridine rings is 1. The van der Waals surface area contributed by atoms with E-state index < -0.39 is 17.2 Å². The van der Waals surface area contributed by atoms with Crippen molar-refractivity contribution in [2.45, 2.75) is 38.6 Å². The number of fused-ring (bicyclic) bond motifs is 1. The molecule has 2 fully saturated rings. The smallest absolute Gasteiger partial charge is 0.271 e. The second-order valence-electron chi connectivity index (χ2n) is 10.2. The van der Waals surface area contributed by atoms with Crippen molar-refractivity contribution in [3.05, 3.63) is 74.5 Å². The lowest BCUT2D eigenvalue weighted by Gasteiger charge is -2.32. The van der Waals surface area contributed by atoms with Crippen molar-refractivity contribution < 1.29 is 23.1 Å². The topological polar surface area (TPSA) is 92.7 Å². The maximum atomic E-state index is 14.1. The maximum absolute atomic E-state index is 14.1. The minimum absolute atomic E-state index is 0.0426. The molecule has 2 aliphatic rings. The number of aryl methyl sites for hydroxylation is 1. The average Bonchev–Trinajstić information content (AvgIpc) is 3.76.